The van der Waals surface area contributed by atoms with Crippen LogP contribution in [0.15, 0.2) is 10.7 Å². The van der Waals surface area contributed by atoms with Gasteiger partial charge in [0.15, 0.2) is 0 Å². The zero-order chi connectivity index (χ0) is 9.84. The monoisotopic (exact) mass is 186 g/mol. The Kier molecular flexibility index (Phi) is 2.58. The van der Waals surface area contributed by atoms with Crippen LogP contribution in [-0.2, 0) is 4.74 Å². The number of nitro groups is 1. The summed E-state index contributed by atoms with van der Waals surface area (Å²) in [5, 5.41) is 13.4. The molecule has 0 N–H and O–H groups in total. The molecule has 0 saturated heterocycles. The Morgan fingerprint density at radius 3 is 3.08 bits per heavy atom. The van der Waals surface area contributed by atoms with E-state index in [0.29, 0.717) is 0 Å². The number of hydrogen-bond donors (Lipinski definition) is 0. The maximum atomic E-state index is 11.0. The Labute approximate surface area is 72.4 Å². The molecular formula is C6H6N2O5. The Hall–Kier alpha value is -1.92. The van der Waals surface area contributed by atoms with Gasteiger partial charge in [0.1, 0.15) is 6.20 Å². The van der Waals surface area contributed by atoms with E-state index in [-0.39, 0.29) is 6.61 Å². The van der Waals surface area contributed by atoms with Gasteiger partial charge in [0.25, 0.3) is 0 Å². The fourth-order valence-corrected chi connectivity index (χ4v) is 0.703. The van der Waals surface area contributed by atoms with Crippen molar-refractivity contribution in [2.75, 3.05) is 6.61 Å². The molecule has 1 aromatic rings. The van der Waals surface area contributed by atoms with Gasteiger partial charge in [-0.2, -0.15) is 0 Å². The SMILES string of the molecule is CCOC(=O)c1oncc1[N+](=O)[O-]. The Balaban J connectivity index is 2.93. The van der Waals surface area contributed by atoms with Crippen LogP contribution in [0, 0.1) is 10.1 Å². The summed E-state index contributed by atoms with van der Waals surface area (Å²) >= 11 is 0. The fourth-order valence-electron chi connectivity index (χ4n) is 0.703. The topological polar surface area (TPSA) is 95.5 Å². The van der Waals surface area contributed by atoms with Crippen molar-refractivity contribution >= 4 is 11.7 Å². The average molecular weight is 186 g/mol. The zero-order valence-electron chi connectivity index (χ0n) is 6.72. The number of nitrogens with zero attached hydrogens (tertiary/aromatic N) is 2. The molecule has 1 aromatic heterocycles. The average Bonchev–Trinajstić information content (AvgIpc) is 2.52. The second kappa shape index (κ2) is 3.65. The molecule has 1 heterocycles. The Morgan fingerprint density at radius 2 is 2.54 bits per heavy atom. The lowest BCUT2D eigenvalue weighted by atomic mass is 10.4. The van der Waals surface area contributed by atoms with Crippen LogP contribution in [0.3, 0.4) is 0 Å². The van der Waals surface area contributed by atoms with Crippen LogP contribution in [0.4, 0.5) is 5.69 Å². The number of carbonyl (C=O) groups excluding carboxylic acids is 1. The van der Waals surface area contributed by atoms with Gasteiger partial charge >= 0.3 is 17.4 Å². The maximum absolute atomic E-state index is 11.0. The summed E-state index contributed by atoms with van der Waals surface area (Å²) in [6.45, 7) is 1.71. The first-order chi connectivity index (χ1) is 6.16. The zero-order valence-corrected chi connectivity index (χ0v) is 6.72. The molecule has 0 bridgehead atoms. The van der Waals surface area contributed by atoms with Crippen molar-refractivity contribution in [3.63, 3.8) is 0 Å². The third-order valence-corrected chi connectivity index (χ3v) is 1.21. The van der Waals surface area contributed by atoms with Gasteiger partial charge in [-0.1, -0.05) is 5.16 Å². The number of ether oxygens (including phenoxy) is 1. The summed E-state index contributed by atoms with van der Waals surface area (Å²) in [7, 11) is 0. The molecule has 0 radical (unpaired) electrons. The molecule has 7 heteroatoms. The second-order valence-electron chi connectivity index (χ2n) is 2.02. The van der Waals surface area contributed by atoms with Crippen molar-refractivity contribution in [3.05, 3.63) is 22.1 Å². The molecule has 0 unspecified atom stereocenters. The van der Waals surface area contributed by atoms with Crippen LogP contribution in [0.25, 0.3) is 0 Å². The minimum absolute atomic E-state index is 0.122. The van der Waals surface area contributed by atoms with Crippen molar-refractivity contribution in [1.29, 1.82) is 0 Å². The van der Waals surface area contributed by atoms with Gasteiger partial charge in [0.05, 0.1) is 11.5 Å². The molecule has 0 aliphatic rings. The van der Waals surface area contributed by atoms with E-state index in [4.69, 9.17) is 0 Å². The highest BCUT2D eigenvalue weighted by Crippen LogP contribution is 2.17. The first kappa shape index (κ1) is 9.17. The highest BCUT2D eigenvalue weighted by atomic mass is 16.6. The summed E-state index contributed by atoms with van der Waals surface area (Å²) in [5.74, 6) is -1.36. The molecule has 0 aromatic carbocycles. The summed E-state index contributed by atoms with van der Waals surface area (Å²) in [6, 6.07) is 0. The van der Waals surface area contributed by atoms with E-state index in [9.17, 15) is 14.9 Å². The fraction of sp³-hybridized carbons (Fsp3) is 0.333. The lowest BCUT2D eigenvalue weighted by molar-refractivity contribution is -0.385. The molecule has 0 aliphatic heterocycles. The summed E-state index contributed by atoms with van der Waals surface area (Å²) in [6.07, 6.45) is 0.853. The Bertz CT molecular complexity index is 332. The number of aromatic nitrogens is 1. The van der Waals surface area contributed by atoms with Crippen LogP contribution in [0.2, 0.25) is 0 Å². The van der Waals surface area contributed by atoms with E-state index < -0.39 is 22.3 Å². The minimum atomic E-state index is -0.883. The summed E-state index contributed by atoms with van der Waals surface area (Å²) in [4.78, 5) is 20.5. The molecule has 0 atom stereocenters. The van der Waals surface area contributed by atoms with Crippen LogP contribution in [0.1, 0.15) is 17.5 Å². The number of hydrogen-bond acceptors (Lipinski definition) is 6. The molecular weight excluding hydrogens is 180 g/mol. The predicted octanol–water partition coefficient (Wildman–Crippen LogP) is 0.760. The van der Waals surface area contributed by atoms with E-state index in [0.717, 1.165) is 6.20 Å². The van der Waals surface area contributed by atoms with Gasteiger partial charge in [-0.05, 0) is 6.92 Å². The van der Waals surface area contributed by atoms with Gasteiger partial charge in [-0.15, -0.1) is 0 Å². The van der Waals surface area contributed by atoms with Crippen molar-refractivity contribution in [3.8, 4) is 0 Å². The second-order valence-corrected chi connectivity index (χ2v) is 2.02. The standard InChI is InChI=1S/C6H6N2O5/c1-2-12-6(9)5-4(8(10)11)3-7-13-5/h3H,2H2,1H3. The lowest BCUT2D eigenvalue weighted by Gasteiger charge is -1.95. The van der Waals surface area contributed by atoms with Crippen LogP contribution < -0.4 is 0 Å². The number of carbonyl (C=O) groups is 1. The molecule has 0 spiro atoms. The summed E-state index contributed by atoms with van der Waals surface area (Å²) in [5.41, 5.74) is -0.488. The highest BCUT2D eigenvalue weighted by molar-refractivity contribution is 5.90. The third kappa shape index (κ3) is 1.81. The first-order valence-electron chi connectivity index (χ1n) is 3.43. The molecule has 13 heavy (non-hydrogen) atoms. The lowest BCUT2D eigenvalue weighted by Crippen LogP contribution is -2.05. The molecule has 7 nitrogen and oxygen atoms in total. The maximum Gasteiger partial charge on any atom is 0.384 e. The Morgan fingerprint density at radius 1 is 1.85 bits per heavy atom. The van der Waals surface area contributed by atoms with Gasteiger partial charge in [0, 0.05) is 0 Å². The van der Waals surface area contributed by atoms with Crippen molar-refractivity contribution in [1.82, 2.24) is 5.16 Å². The molecule has 0 aliphatic carbocycles. The van der Waals surface area contributed by atoms with E-state index in [2.05, 4.69) is 14.4 Å². The van der Waals surface area contributed by atoms with Gasteiger partial charge < -0.3 is 9.26 Å². The van der Waals surface area contributed by atoms with Gasteiger partial charge in [-0.25, -0.2) is 4.79 Å². The van der Waals surface area contributed by atoms with E-state index in [1.807, 2.05) is 0 Å². The first-order valence-corrected chi connectivity index (χ1v) is 3.43. The van der Waals surface area contributed by atoms with Gasteiger partial charge in [-0.3, -0.25) is 10.1 Å². The molecule has 70 valence electrons. The van der Waals surface area contributed by atoms with Crippen LogP contribution >= 0.6 is 0 Å². The molecule has 0 saturated carbocycles. The predicted molar refractivity (Wildman–Crippen MR) is 39.1 cm³/mol. The van der Waals surface area contributed by atoms with Crippen LogP contribution in [0.5, 0.6) is 0 Å². The largest absolute Gasteiger partial charge is 0.460 e. The number of rotatable bonds is 3. The van der Waals surface area contributed by atoms with Crippen LogP contribution in [-0.4, -0.2) is 22.7 Å². The smallest absolute Gasteiger partial charge is 0.384 e. The normalized spacial score (nSPS) is 9.62. The van der Waals surface area contributed by atoms with Gasteiger partial charge in [0.2, 0.25) is 0 Å². The van der Waals surface area contributed by atoms with Crippen molar-refractivity contribution in [2.45, 2.75) is 6.92 Å². The van der Waals surface area contributed by atoms with Crippen molar-refractivity contribution < 1.29 is 19.0 Å². The molecule has 0 amide bonds. The third-order valence-electron chi connectivity index (χ3n) is 1.21. The molecule has 1 rings (SSSR count). The van der Waals surface area contributed by atoms with E-state index in [1.165, 1.54) is 0 Å². The van der Waals surface area contributed by atoms with Crippen molar-refractivity contribution in [2.24, 2.45) is 0 Å². The van der Waals surface area contributed by atoms with E-state index in [1.54, 1.807) is 6.92 Å². The highest BCUT2D eigenvalue weighted by Gasteiger charge is 2.26. The van der Waals surface area contributed by atoms with E-state index >= 15 is 0 Å². The quantitative estimate of drug-likeness (QED) is 0.392. The minimum Gasteiger partial charge on any atom is -0.460 e. The molecule has 0 fully saturated rings. The number of esters is 1. The summed E-state index contributed by atoms with van der Waals surface area (Å²) < 4.78 is 8.87.